The van der Waals surface area contributed by atoms with Crippen LogP contribution < -0.4 is 0 Å². The number of allylic oxidation sites excluding steroid dienone is 4. The van der Waals surface area contributed by atoms with Gasteiger partial charge >= 0.3 is 39.5 Å². The Morgan fingerprint density at radius 3 is 0.948 bits per heavy atom. The standard InChI is InChI=1S/C58H108O17P2/c1-5-9-13-17-19-21-23-25-26-27-29-31-33-37-41-45-58(63)75-54(49-69-56(61)43-39-36-32-30-28-24-22-20-18-14-10-6-2)51-73-77(66,67)71-47-52(59)46-70-76(64,65)72-50-53(74-57(62)44-40-35-16-12-8-4)48-68-55(60)42-38-34-15-11-7-3/h21,23,25-26,52-54,59H,5-20,22,24,27-51H2,1-4H3,(H,64,65)(H,66,67)/b23-21-,26-25-/t52-,53+,54+/m0/s1. The highest BCUT2D eigenvalue weighted by Gasteiger charge is 2.30. The van der Waals surface area contributed by atoms with E-state index in [0.29, 0.717) is 25.7 Å². The molecule has 0 aliphatic carbocycles. The average molecular weight is 1140 g/mol. The fourth-order valence-electron chi connectivity index (χ4n) is 8.03. The van der Waals surface area contributed by atoms with Gasteiger partial charge in [-0.1, -0.05) is 213 Å². The van der Waals surface area contributed by atoms with Gasteiger partial charge in [0.15, 0.2) is 12.2 Å². The number of hydrogen-bond donors (Lipinski definition) is 3. The van der Waals surface area contributed by atoms with Gasteiger partial charge < -0.3 is 33.8 Å². The van der Waals surface area contributed by atoms with Crippen molar-refractivity contribution in [3.8, 4) is 0 Å². The third kappa shape index (κ3) is 52.7. The minimum atomic E-state index is -4.94. The van der Waals surface area contributed by atoms with E-state index in [1.807, 2.05) is 0 Å². The van der Waals surface area contributed by atoms with Gasteiger partial charge in [-0.15, -0.1) is 0 Å². The summed E-state index contributed by atoms with van der Waals surface area (Å²) in [4.78, 5) is 71.4. The first-order valence-corrected chi connectivity index (χ1v) is 33.1. The zero-order valence-electron chi connectivity index (χ0n) is 48.4. The lowest BCUT2D eigenvalue weighted by molar-refractivity contribution is -0.161. The maximum absolute atomic E-state index is 12.9. The van der Waals surface area contributed by atoms with Crippen molar-refractivity contribution < 1.29 is 80.2 Å². The summed E-state index contributed by atoms with van der Waals surface area (Å²) >= 11 is 0. The summed E-state index contributed by atoms with van der Waals surface area (Å²) in [6, 6.07) is 0. The molecule has 2 unspecified atom stereocenters. The lowest BCUT2D eigenvalue weighted by Crippen LogP contribution is -2.30. The summed E-state index contributed by atoms with van der Waals surface area (Å²) in [5.41, 5.74) is 0. The van der Waals surface area contributed by atoms with Gasteiger partial charge in [0.2, 0.25) is 0 Å². The average Bonchev–Trinajstić information content (AvgIpc) is 3.40. The van der Waals surface area contributed by atoms with E-state index in [9.17, 15) is 43.2 Å². The Balaban J connectivity index is 5.17. The first-order chi connectivity index (χ1) is 37.2. The Bertz CT molecular complexity index is 1590. The van der Waals surface area contributed by atoms with Crippen LogP contribution in [0.3, 0.4) is 0 Å². The first-order valence-electron chi connectivity index (χ1n) is 30.1. The number of aliphatic hydroxyl groups is 1. The molecule has 0 bridgehead atoms. The summed E-state index contributed by atoms with van der Waals surface area (Å²) < 4.78 is 67.3. The normalized spacial score (nSPS) is 14.5. The topological polar surface area (TPSA) is 237 Å². The molecule has 0 saturated heterocycles. The van der Waals surface area contributed by atoms with Crippen molar-refractivity contribution in [1.29, 1.82) is 0 Å². The minimum absolute atomic E-state index is 0.0852. The smallest absolute Gasteiger partial charge is 0.462 e. The Kier molecular flexibility index (Phi) is 51.2. The Hall–Kier alpha value is -2.46. The molecule has 0 spiro atoms. The Labute approximate surface area is 465 Å². The third-order valence-corrected chi connectivity index (χ3v) is 14.6. The van der Waals surface area contributed by atoms with Gasteiger partial charge in [0.1, 0.15) is 19.3 Å². The predicted octanol–water partition coefficient (Wildman–Crippen LogP) is 15.2. The van der Waals surface area contributed by atoms with Crippen LogP contribution in [0.15, 0.2) is 24.3 Å². The second-order valence-corrected chi connectivity index (χ2v) is 23.3. The fourth-order valence-corrected chi connectivity index (χ4v) is 9.61. The molecule has 5 atom stereocenters. The lowest BCUT2D eigenvalue weighted by Gasteiger charge is -2.21. The zero-order valence-corrected chi connectivity index (χ0v) is 50.2. The van der Waals surface area contributed by atoms with Crippen LogP contribution in [0, 0.1) is 0 Å². The summed E-state index contributed by atoms with van der Waals surface area (Å²) in [6.07, 6.45) is 39.2. The van der Waals surface area contributed by atoms with Crippen molar-refractivity contribution in [2.24, 2.45) is 0 Å². The van der Waals surface area contributed by atoms with Crippen molar-refractivity contribution >= 4 is 39.5 Å². The molecule has 0 heterocycles. The van der Waals surface area contributed by atoms with Gasteiger partial charge in [0, 0.05) is 25.7 Å². The molecular weight excluding hydrogens is 1030 g/mol. The van der Waals surface area contributed by atoms with E-state index in [-0.39, 0.29) is 25.7 Å². The fraction of sp³-hybridized carbons (Fsp3) is 0.862. The van der Waals surface area contributed by atoms with Crippen LogP contribution in [0.25, 0.3) is 0 Å². The van der Waals surface area contributed by atoms with Crippen molar-refractivity contribution in [2.45, 2.75) is 284 Å². The summed E-state index contributed by atoms with van der Waals surface area (Å²) in [5.74, 6) is -2.19. The molecule has 17 nitrogen and oxygen atoms in total. The van der Waals surface area contributed by atoms with Crippen LogP contribution in [0.4, 0.5) is 0 Å². The number of ether oxygens (including phenoxy) is 4. The van der Waals surface area contributed by atoms with Crippen LogP contribution in [0.1, 0.15) is 265 Å². The van der Waals surface area contributed by atoms with Crippen LogP contribution in [-0.2, 0) is 65.4 Å². The molecule has 0 amide bonds. The predicted molar refractivity (Wildman–Crippen MR) is 303 cm³/mol. The SMILES string of the molecule is CCCCCC/C=C\C=C/CCCCCCCC(=O)O[C@H](COC(=O)CCCCCCCCCCCCCC)COP(=O)(O)OC[C@@H](O)COP(=O)(O)OC[C@@H](COC(=O)CCCCCCC)OC(=O)CCCCCCC. The van der Waals surface area contributed by atoms with Crippen molar-refractivity contribution in [1.82, 2.24) is 0 Å². The highest BCUT2D eigenvalue weighted by atomic mass is 31.2. The monoisotopic (exact) mass is 1140 g/mol. The molecule has 0 aliphatic heterocycles. The largest absolute Gasteiger partial charge is 0.472 e. The van der Waals surface area contributed by atoms with Crippen molar-refractivity contribution in [3.63, 3.8) is 0 Å². The maximum atomic E-state index is 12.9. The molecule has 19 heteroatoms. The van der Waals surface area contributed by atoms with Gasteiger partial charge in [-0.2, -0.15) is 0 Å². The Morgan fingerprint density at radius 2 is 0.623 bits per heavy atom. The van der Waals surface area contributed by atoms with E-state index in [4.69, 9.17) is 37.0 Å². The third-order valence-electron chi connectivity index (χ3n) is 12.7. The number of unbranched alkanes of at least 4 members (excludes halogenated alkanes) is 28. The number of esters is 4. The molecule has 3 N–H and O–H groups in total. The van der Waals surface area contributed by atoms with E-state index in [2.05, 4.69) is 52.0 Å². The molecule has 0 rings (SSSR count). The first kappa shape index (κ1) is 74.5. The molecule has 0 fully saturated rings. The number of phosphoric acid groups is 2. The maximum Gasteiger partial charge on any atom is 0.472 e. The van der Waals surface area contributed by atoms with Gasteiger partial charge in [-0.05, 0) is 51.4 Å². The summed E-state index contributed by atoms with van der Waals surface area (Å²) in [6.45, 7) is 4.60. The number of phosphoric ester groups is 2. The highest BCUT2D eigenvalue weighted by Crippen LogP contribution is 2.45. The summed E-state index contributed by atoms with van der Waals surface area (Å²) in [7, 11) is -9.87. The molecule has 0 aliphatic rings. The summed E-state index contributed by atoms with van der Waals surface area (Å²) in [5, 5.41) is 10.4. The van der Waals surface area contributed by atoms with Crippen molar-refractivity contribution in [2.75, 3.05) is 39.6 Å². The van der Waals surface area contributed by atoms with E-state index in [0.717, 1.165) is 109 Å². The second-order valence-electron chi connectivity index (χ2n) is 20.3. The van der Waals surface area contributed by atoms with Gasteiger partial charge in [0.25, 0.3) is 0 Å². The molecule has 77 heavy (non-hydrogen) atoms. The van der Waals surface area contributed by atoms with E-state index in [1.165, 1.54) is 77.0 Å². The Morgan fingerprint density at radius 1 is 0.364 bits per heavy atom. The van der Waals surface area contributed by atoms with Crippen LogP contribution >= 0.6 is 15.6 Å². The molecule has 0 radical (unpaired) electrons. The molecule has 0 aromatic carbocycles. The molecule has 0 aromatic heterocycles. The van der Waals surface area contributed by atoms with Crippen molar-refractivity contribution in [3.05, 3.63) is 24.3 Å². The molecule has 0 aromatic rings. The molecule has 0 saturated carbocycles. The van der Waals surface area contributed by atoms with E-state index in [1.54, 1.807) is 0 Å². The van der Waals surface area contributed by atoms with Crippen LogP contribution in [0.5, 0.6) is 0 Å². The molecular formula is C58H108O17P2. The zero-order chi connectivity index (χ0) is 56.9. The number of rotatable bonds is 57. The lowest BCUT2D eigenvalue weighted by atomic mass is 10.0. The van der Waals surface area contributed by atoms with Gasteiger partial charge in [-0.25, -0.2) is 9.13 Å². The van der Waals surface area contributed by atoms with E-state index >= 15 is 0 Å². The van der Waals surface area contributed by atoms with Crippen LogP contribution in [-0.4, -0.2) is 96.7 Å². The van der Waals surface area contributed by atoms with Crippen LogP contribution in [0.2, 0.25) is 0 Å². The quantitative estimate of drug-likeness (QED) is 0.0169. The van der Waals surface area contributed by atoms with E-state index < -0.39 is 97.5 Å². The number of carbonyl (C=O) groups excluding carboxylic acids is 4. The van der Waals surface area contributed by atoms with Gasteiger partial charge in [0.05, 0.1) is 26.4 Å². The van der Waals surface area contributed by atoms with Gasteiger partial charge in [-0.3, -0.25) is 37.3 Å². The number of aliphatic hydroxyl groups excluding tert-OH is 1. The highest BCUT2D eigenvalue weighted by molar-refractivity contribution is 7.47. The number of carbonyl (C=O) groups is 4. The molecule has 452 valence electrons. The number of hydrogen-bond acceptors (Lipinski definition) is 15. The minimum Gasteiger partial charge on any atom is -0.462 e. The second kappa shape index (κ2) is 52.9.